The highest BCUT2D eigenvalue weighted by molar-refractivity contribution is 7.73. The molecule has 0 unspecified atom stereocenters. The first kappa shape index (κ1) is 19.1. The van der Waals surface area contributed by atoms with Crippen LogP contribution in [-0.4, -0.2) is 35.6 Å². The highest BCUT2D eigenvalue weighted by atomic mass is 32.1. The maximum atomic E-state index is 12.2. The molecule has 0 saturated carbocycles. The lowest BCUT2D eigenvalue weighted by Crippen LogP contribution is -2.14. The largest absolute Gasteiger partial charge is 0.497 e. The number of benzene rings is 2. The average Bonchev–Trinajstić information content (AvgIpc) is 3.24. The van der Waals surface area contributed by atoms with Crippen molar-refractivity contribution in [2.45, 2.75) is 0 Å². The Balaban J connectivity index is 1.86. The first-order valence-corrected chi connectivity index (χ1v) is 9.83. The minimum atomic E-state index is -0.539. The van der Waals surface area contributed by atoms with E-state index in [-0.39, 0.29) is 11.6 Å². The number of aliphatic imine (C=N–C) groups is 1. The van der Waals surface area contributed by atoms with E-state index in [1.807, 2.05) is 42.5 Å². The average molecular weight is 425 g/mol. The molecule has 0 radical (unpaired) electrons. The van der Waals surface area contributed by atoms with Crippen molar-refractivity contribution in [2.75, 3.05) is 14.2 Å². The van der Waals surface area contributed by atoms with Crippen LogP contribution in [0, 0.1) is 3.95 Å². The molecule has 2 aromatic carbocycles. The number of para-hydroxylation sites is 1. The van der Waals surface area contributed by atoms with Crippen LogP contribution in [0.1, 0.15) is 10.4 Å². The van der Waals surface area contributed by atoms with E-state index >= 15 is 0 Å². The van der Waals surface area contributed by atoms with E-state index in [0.717, 1.165) is 5.56 Å². The summed E-state index contributed by atoms with van der Waals surface area (Å²) in [7, 11) is 2.89. The minimum Gasteiger partial charge on any atom is -0.497 e. The summed E-state index contributed by atoms with van der Waals surface area (Å²) in [6.45, 7) is 0. The van der Waals surface area contributed by atoms with Crippen LogP contribution in [-0.2, 0) is 9.53 Å². The van der Waals surface area contributed by atoms with Gasteiger partial charge in [-0.15, -0.1) is 11.3 Å². The van der Waals surface area contributed by atoms with E-state index in [1.54, 1.807) is 23.8 Å². The van der Waals surface area contributed by atoms with Crippen LogP contribution in [0.3, 0.4) is 0 Å². The lowest BCUT2D eigenvalue weighted by atomic mass is 10.0. The van der Waals surface area contributed by atoms with Crippen molar-refractivity contribution >= 4 is 52.6 Å². The van der Waals surface area contributed by atoms with E-state index in [0.29, 0.717) is 31.5 Å². The second kappa shape index (κ2) is 7.65. The predicted octanol–water partition coefficient (Wildman–Crippen LogP) is 4.78. The fourth-order valence-corrected chi connectivity index (χ4v) is 4.38. The summed E-state index contributed by atoms with van der Waals surface area (Å²) < 4.78 is 12.2. The SMILES string of the molecule is COC(=O)C1=Nc2ccccc2C1=Cc1sc(=S)n(-c2cccc(OC)c2)c1O. The number of ether oxygens (including phenoxy) is 2. The van der Waals surface area contributed by atoms with Gasteiger partial charge < -0.3 is 14.6 Å². The molecular weight excluding hydrogens is 408 g/mol. The number of hydrogen-bond donors (Lipinski definition) is 1. The minimum absolute atomic E-state index is 0.0191. The van der Waals surface area contributed by atoms with Gasteiger partial charge in [-0.1, -0.05) is 24.3 Å². The Labute approximate surface area is 176 Å². The zero-order valence-electron chi connectivity index (χ0n) is 15.6. The standard InChI is InChI=1S/C21H16N2O4S2/c1-26-13-7-5-6-12(10-13)23-19(24)17(29-21(23)28)11-15-14-8-3-4-9-16(14)22-18(15)20(25)27-2/h3-11,24H,1-2H3. The number of fused-ring (bicyclic) bond motifs is 1. The Bertz CT molecular complexity index is 1240. The summed E-state index contributed by atoms with van der Waals surface area (Å²) in [5.41, 5.74) is 2.92. The topological polar surface area (TPSA) is 73.0 Å². The molecule has 1 aliphatic heterocycles. The molecule has 0 bridgehead atoms. The number of hydrogen-bond acceptors (Lipinski definition) is 7. The Morgan fingerprint density at radius 1 is 1.21 bits per heavy atom. The number of methoxy groups -OCH3 is 2. The monoisotopic (exact) mass is 424 g/mol. The van der Waals surface area contributed by atoms with E-state index in [2.05, 4.69) is 4.99 Å². The summed E-state index contributed by atoms with van der Waals surface area (Å²) in [6, 6.07) is 14.7. The lowest BCUT2D eigenvalue weighted by molar-refractivity contribution is -0.132. The summed E-state index contributed by atoms with van der Waals surface area (Å²) in [4.78, 5) is 17.1. The van der Waals surface area contributed by atoms with Crippen LogP contribution >= 0.6 is 23.6 Å². The maximum Gasteiger partial charge on any atom is 0.357 e. The molecule has 1 aliphatic rings. The van der Waals surface area contributed by atoms with Gasteiger partial charge in [-0.3, -0.25) is 4.57 Å². The lowest BCUT2D eigenvalue weighted by Gasteiger charge is -2.07. The molecule has 4 rings (SSSR count). The Morgan fingerprint density at radius 2 is 2.00 bits per heavy atom. The number of carbonyl (C=O) groups is 1. The third kappa shape index (κ3) is 3.37. The van der Waals surface area contributed by atoms with Gasteiger partial charge in [0.05, 0.1) is 30.5 Å². The van der Waals surface area contributed by atoms with Crippen LogP contribution < -0.4 is 4.74 Å². The Morgan fingerprint density at radius 3 is 2.76 bits per heavy atom. The molecule has 0 atom stereocenters. The molecular formula is C21H16N2O4S2. The van der Waals surface area contributed by atoms with Crippen molar-refractivity contribution in [2.24, 2.45) is 4.99 Å². The van der Waals surface area contributed by atoms with Gasteiger partial charge in [-0.2, -0.15) is 0 Å². The van der Waals surface area contributed by atoms with Gasteiger partial charge in [0.25, 0.3) is 0 Å². The van der Waals surface area contributed by atoms with Gasteiger partial charge in [-0.05, 0) is 36.5 Å². The first-order chi connectivity index (χ1) is 14.0. The molecule has 29 heavy (non-hydrogen) atoms. The molecule has 1 aromatic heterocycles. The number of carbonyl (C=O) groups excluding carboxylic acids is 1. The van der Waals surface area contributed by atoms with Gasteiger partial charge in [-0.25, -0.2) is 9.79 Å². The van der Waals surface area contributed by atoms with Crippen molar-refractivity contribution in [1.82, 2.24) is 4.57 Å². The van der Waals surface area contributed by atoms with Crippen molar-refractivity contribution in [3.05, 3.63) is 62.9 Å². The molecule has 0 spiro atoms. The first-order valence-electron chi connectivity index (χ1n) is 8.61. The third-order valence-corrected chi connectivity index (χ3v) is 5.77. The van der Waals surface area contributed by atoms with E-state index in [4.69, 9.17) is 21.7 Å². The quantitative estimate of drug-likeness (QED) is 0.482. The zero-order valence-corrected chi connectivity index (χ0v) is 17.2. The number of nitrogens with zero attached hydrogens (tertiary/aromatic N) is 2. The summed E-state index contributed by atoms with van der Waals surface area (Å²) in [5, 5.41) is 10.9. The molecule has 3 aromatic rings. The highest BCUT2D eigenvalue weighted by Gasteiger charge is 2.27. The molecule has 8 heteroatoms. The molecule has 6 nitrogen and oxygen atoms in total. The fraction of sp³-hybridized carbons (Fsp3) is 0.0952. The van der Waals surface area contributed by atoms with Crippen LogP contribution in [0.25, 0.3) is 17.3 Å². The summed E-state index contributed by atoms with van der Waals surface area (Å²) >= 11 is 6.71. The second-order valence-electron chi connectivity index (χ2n) is 6.12. The molecule has 146 valence electrons. The van der Waals surface area contributed by atoms with Gasteiger partial charge in [0.2, 0.25) is 5.88 Å². The summed E-state index contributed by atoms with van der Waals surface area (Å²) in [5.74, 6) is 0.0943. The maximum absolute atomic E-state index is 12.2. The van der Waals surface area contributed by atoms with E-state index in [1.165, 1.54) is 18.4 Å². The molecule has 0 fully saturated rings. The van der Waals surface area contributed by atoms with Crippen molar-refractivity contribution in [3.63, 3.8) is 0 Å². The Kier molecular flexibility index (Phi) is 5.04. The Hall–Kier alpha value is -3.23. The van der Waals surface area contributed by atoms with Gasteiger partial charge in [0, 0.05) is 17.2 Å². The van der Waals surface area contributed by atoms with Gasteiger partial charge >= 0.3 is 5.97 Å². The number of esters is 1. The van der Waals surface area contributed by atoms with Gasteiger partial charge in [0.15, 0.2) is 9.67 Å². The normalized spacial score (nSPS) is 13.9. The number of thiazole rings is 1. The smallest absolute Gasteiger partial charge is 0.357 e. The van der Waals surface area contributed by atoms with Crippen LogP contribution in [0.5, 0.6) is 11.6 Å². The zero-order chi connectivity index (χ0) is 20.5. The second-order valence-corrected chi connectivity index (χ2v) is 7.80. The van der Waals surface area contributed by atoms with Crippen molar-refractivity contribution < 1.29 is 19.4 Å². The number of aromatic nitrogens is 1. The van der Waals surface area contributed by atoms with E-state index < -0.39 is 5.97 Å². The van der Waals surface area contributed by atoms with Crippen LogP contribution in [0.4, 0.5) is 5.69 Å². The number of rotatable bonds is 4. The molecule has 0 amide bonds. The molecule has 1 N–H and O–H groups in total. The third-order valence-electron chi connectivity index (χ3n) is 4.46. The molecule has 0 aliphatic carbocycles. The summed E-state index contributed by atoms with van der Waals surface area (Å²) in [6.07, 6.45) is 1.72. The van der Waals surface area contributed by atoms with Crippen molar-refractivity contribution in [1.29, 1.82) is 0 Å². The van der Waals surface area contributed by atoms with Crippen molar-refractivity contribution in [3.8, 4) is 17.3 Å². The number of aromatic hydroxyl groups is 1. The van der Waals surface area contributed by atoms with E-state index in [9.17, 15) is 9.90 Å². The van der Waals surface area contributed by atoms with Gasteiger partial charge in [0.1, 0.15) is 5.75 Å². The van der Waals surface area contributed by atoms with Crippen LogP contribution in [0.15, 0.2) is 53.5 Å². The fourth-order valence-electron chi connectivity index (χ4n) is 3.09. The molecule has 2 heterocycles. The highest BCUT2D eigenvalue weighted by Crippen LogP contribution is 2.39. The predicted molar refractivity (Wildman–Crippen MR) is 116 cm³/mol. The van der Waals surface area contributed by atoms with Crippen LogP contribution in [0.2, 0.25) is 0 Å². The molecule has 0 saturated heterocycles.